The Morgan fingerprint density at radius 1 is 1.27 bits per heavy atom. The molecule has 0 amide bonds. The molecule has 0 bridgehead atoms. The summed E-state index contributed by atoms with van der Waals surface area (Å²) >= 11 is 0. The maximum atomic E-state index is 5.66. The van der Waals surface area contributed by atoms with Crippen molar-refractivity contribution in [2.24, 2.45) is 0 Å². The third kappa shape index (κ3) is 6.15. The molecule has 0 unspecified atom stereocenters. The Morgan fingerprint density at radius 2 is 2.09 bits per heavy atom. The van der Waals surface area contributed by atoms with Gasteiger partial charge in [-0.1, -0.05) is 13.3 Å². The lowest BCUT2D eigenvalue weighted by atomic mass is 10.3. The van der Waals surface area contributed by atoms with Crippen LogP contribution in [-0.2, 0) is 4.74 Å². The minimum atomic E-state index is 0.664. The van der Waals surface area contributed by atoms with Gasteiger partial charge in [-0.25, -0.2) is 4.98 Å². The van der Waals surface area contributed by atoms with Crippen LogP contribution in [0.5, 0.6) is 5.88 Å². The lowest BCUT2D eigenvalue weighted by Crippen LogP contribution is -2.37. The average molecular weight is 308 g/mol. The number of unbranched alkanes of at least 4 members (excludes halogenated alkanes) is 1. The van der Waals surface area contributed by atoms with Crippen LogP contribution >= 0.6 is 0 Å². The molecule has 2 heterocycles. The molecule has 1 aromatic heterocycles. The van der Waals surface area contributed by atoms with E-state index in [9.17, 15) is 0 Å². The van der Waals surface area contributed by atoms with Gasteiger partial charge in [0.25, 0.3) is 0 Å². The number of hydrogen-bond acceptors (Lipinski definition) is 6. The van der Waals surface area contributed by atoms with Crippen LogP contribution in [0.25, 0.3) is 0 Å². The quantitative estimate of drug-likeness (QED) is 0.705. The Balaban J connectivity index is 1.71. The molecule has 22 heavy (non-hydrogen) atoms. The summed E-state index contributed by atoms with van der Waals surface area (Å²) in [6.45, 7) is 10.6. The minimum Gasteiger partial charge on any atom is -0.478 e. The van der Waals surface area contributed by atoms with E-state index in [-0.39, 0.29) is 0 Å². The first-order valence-corrected chi connectivity index (χ1v) is 8.30. The van der Waals surface area contributed by atoms with E-state index in [1.165, 1.54) is 0 Å². The fourth-order valence-corrected chi connectivity index (χ4v) is 2.37. The van der Waals surface area contributed by atoms with Crippen LogP contribution in [-0.4, -0.2) is 60.9 Å². The number of morpholine rings is 1. The fraction of sp³-hybridized carbons (Fsp3) is 0.750. The minimum absolute atomic E-state index is 0.664. The Kier molecular flexibility index (Phi) is 7.39. The number of rotatable bonds is 9. The van der Waals surface area contributed by atoms with Crippen LogP contribution in [0.2, 0.25) is 0 Å². The highest BCUT2D eigenvalue weighted by Gasteiger charge is 2.09. The van der Waals surface area contributed by atoms with Gasteiger partial charge in [-0.3, -0.25) is 4.90 Å². The Hall–Kier alpha value is -1.40. The molecule has 0 aliphatic carbocycles. The van der Waals surface area contributed by atoms with Gasteiger partial charge in [0.05, 0.1) is 19.8 Å². The van der Waals surface area contributed by atoms with Crippen molar-refractivity contribution in [3.8, 4) is 5.88 Å². The SMILES string of the molecule is CCCCOc1cc(NCCCN2CCOCC2)nc(C)n1. The summed E-state index contributed by atoms with van der Waals surface area (Å²) in [6, 6.07) is 1.89. The zero-order valence-electron chi connectivity index (χ0n) is 13.8. The largest absolute Gasteiger partial charge is 0.478 e. The number of anilines is 1. The summed E-state index contributed by atoms with van der Waals surface area (Å²) in [4.78, 5) is 11.2. The van der Waals surface area contributed by atoms with Crippen LogP contribution in [0.4, 0.5) is 5.82 Å². The van der Waals surface area contributed by atoms with Crippen molar-refractivity contribution in [2.45, 2.75) is 33.1 Å². The second kappa shape index (κ2) is 9.58. The zero-order valence-corrected chi connectivity index (χ0v) is 13.8. The van der Waals surface area contributed by atoms with Crippen molar-refractivity contribution in [3.05, 3.63) is 11.9 Å². The molecule has 1 aliphatic heterocycles. The van der Waals surface area contributed by atoms with Crippen LogP contribution in [0.15, 0.2) is 6.07 Å². The molecule has 0 saturated carbocycles. The predicted molar refractivity (Wildman–Crippen MR) is 87.5 cm³/mol. The molecule has 6 heteroatoms. The first-order chi connectivity index (χ1) is 10.8. The van der Waals surface area contributed by atoms with Gasteiger partial charge < -0.3 is 14.8 Å². The van der Waals surface area contributed by atoms with Crippen molar-refractivity contribution >= 4 is 5.82 Å². The summed E-state index contributed by atoms with van der Waals surface area (Å²) in [7, 11) is 0. The third-order valence-electron chi connectivity index (χ3n) is 3.62. The fourth-order valence-electron chi connectivity index (χ4n) is 2.37. The van der Waals surface area contributed by atoms with E-state index in [0.29, 0.717) is 12.5 Å². The number of nitrogens with zero attached hydrogens (tertiary/aromatic N) is 3. The van der Waals surface area contributed by atoms with Crippen LogP contribution in [0.3, 0.4) is 0 Å². The van der Waals surface area contributed by atoms with E-state index in [1.807, 2.05) is 13.0 Å². The molecule has 2 rings (SSSR count). The summed E-state index contributed by atoms with van der Waals surface area (Å²) in [5, 5.41) is 3.37. The van der Waals surface area contributed by atoms with E-state index < -0.39 is 0 Å². The first kappa shape index (κ1) is 17.0. The maximum Gasteiger partial charge on any atom is 0.218 e. The molecule has 1 N–H and O–H groups in total. The third-order valence-corrected chi connectivity index (χ3v) is 3.62. The number of aromatic nitrogens is 2. The molecule has 0 atom stereocenters. The molecule has 124 valence electrons. The van der Waals surface area contributed by atoms with E-state index in [0.717, 1.165) is 70.3 Å². The van der Waals surface area contributed by atoms with Gasteiger partial charge in [0.2, 0.25) is 5.88 Å². The maximum absolute atomic E-state index is 5.66. The van der Waals surface area contributed by atoms with Crippen LogP contribution in [0.1, 0.15) is 32.0 Å². The summed E-state index contributed by atoms with van der Waals surface area (Å²) in [6.07, 6.45) is 3.26. The Labute approximate surface area is 133 Å². The Morgan fingerprint density at radius 3 is 2.86 bits per heavy atom. The summed E-state index contributed by atoms with van der Waals surface area (Å²) < 4.78 is 11.0. The monoisotopic (exact) mass is 308 g/mol. The highest BCUT2D eigenvalue weighted by atomic mass is 16.5. The van der Waals surface area contributed by atoms with Gasteiger partial charge in [-0.15, -0.1) is 0 Å². The molecule has 1 fully saturated rings. The second-order valence-corrected chi connectivity index (χ2v) is 5.57. The number of aryl methyl sites for hydroxylation is 1. The van der Waals surface area contributed by atoms with E-state index in [1.54, 1.807) is 0 Å². The van der Waals surface area contributed by atoms with Crippen molar-refractivity contribution in [1.29, 1.82) is 0 Å². The van der Waals surface area contributed by atoms with Crippen molar-refractivity contribution in [1.82, 2.24) is 14.9 Å². The van der Waals surface area contributed by atoms with Crippen LogP contribution < -0.4 is 10.1 Å². The smallest absolute Gasteiger partial charge is 0.218 e. The second-order valence-electron chi connectivity index (χ2n) is 5.57. The molecule has 1 aromatic rings. The molecule has 1 saturated heterocycles. The first-order valence-electron chi connectivity index (χ1n) is 8.30. The van der Waals surface area contributed by atoms with E-state index >= 15 is 0 Å². The molecule has 0 aromatic carbocycles. The van der Waals surface area contributed by atoms with Crippen molar-refractivity contribution in [3.63, 3.8) is 0 Å². The molecule has 0 radical (unpaired) electrons. The van der Waals surface area contributed by atoms with Gasteiger partial charge in [0.15, 0.2) is 0 Å². The zero-order chi connectivity index (χ0) is 15.6. The highest BCUT2D eigenvalue weighted by Crippen LogP contribution is 2.13. The van der Waals surface area contributed by atoms with Gasteiger partial charge in [0.1, 0.15) is 11.6 Å². The van der Waals surface area contributed by atoms with Gasteiger partial charge in [-0.05, 0) is 26.3 Å². The average Bonchev–Trinajstić information content (AvgIpc) is 2.52. The summed E-state index contributed by atoms with van der Waals surface area (Å²) in [5.74, 6) is 2.25. The number of nitrogens with one attached hydrogen (secondary N) is 1. The summed E-state index contributed by atoms with van der Waals surface area (Å²) in [5.41, 5.74) is 0. The lowest BCUT2D eigenvalue weighted by Gasteiger charge is -2.26. The molecular formula is C16H28N4O2. The van der Waals surface area contributed by atoms with E-state index in [4.69, 9.17) is 9.47 Å². The highest BCUT2D eigenvalue weighted by molar-refractivity contribution is 5.38. The lowest BCUT2D eigenvalue weighted by molar-refractivity contribution is 0.0378. The number of hydrogen-bond donors (Lipinski definition) is 1. The van der Waals surface area contributed by atoms with Crippen LogP contribution in [0, 0.1) is 6.92 Å². The van der Waals surface area contributed by atoms with Crippen molar-refractivity contribution in [2.75, 3.05) is 51.3 Å². The topological polar surface area (TPSA) is 59.5 Å². The standard InChI is InChI=1S/C16H28N4O2/c1-3-4-10-22-16-13-15(18-14(2)19-16)17-6-5-7-20-8-11-21-12-9-20/h13H,3-12H2,1-2H3,(H,17,18,19). The predicted octanol–water partition coefficient (Wildman–Crippen LogP) is 2.10. The molecular weight excluding hydrogens is 280 g/mol. The normalized spacial score (nSPS) is 15.7. The molecule has 0 spiro atoms. The van der Waals surface area contributed by atoms with Gasteiger partial charge in [-0.2, -0.15) is 4.98 Å². The molecule has 1 aliphatic rings. The number of ether oxygens (including phenoxy) is 2. The van der Waals surface area contributed by atoms with Gasteiger partial charge >= 0.3 is 0 Å². The Bertz CT molecular complexity index is 436. The van der Waals surface area contributed by atoms with E-state index in [2.05, 4.69) is 27.1 Å². The van der Waals surface area contributed by atoms with Crippen molar-refractivity contribution < 1.29 is 9.47 Å². The molecule has 6 nitrogen and oxygen atoms in total. The van der Waals surface area contributed by atoms with Gasteiger partial charge in [0, 0.05) is 25.7 Å².